The fourth-order valence-corrected chi connectivity index (χ4v) is 1.17. The Labute approximate surface area is 61.0 Å². The first-order valence-corrected chi connectivity index (χ1v) is 3.47. The van der Waals surface area contributed by atoms with Crippen molar-refractivity contribution in [1.29, 1.82) is 0 Å². The first-order chi connectivity index (χ1) is 4.84. The number of alkyl halides is 1. The number of thiophene rings is 1. The molecule has 0 aromatic carbocycles. The van der Waals surface area contributed by atoms with Crippen LogP contribution in [0.25, 0.3) is 0 Å². The van der Waals surface area contributed by atoms with Gasteiger partial charge in [-0.2, -0.15) is 4.99 Å². The Morgan fingerprint density at radius 2 is 2.60 bits per heavy atom. The first-order valence-electron chi connectivity index (χ1n) is 2.59. The third-order valence-electron chi connectivity index (χ3n) is 0.944. The molecule has 0 bridgehead atoms. The maximum absolute atomic E-state index is 12.6. The predicted octanol–water partition coefficient (Wildman–Crippen LogP) is 2.05. The van der Waals surface area contributed by atoms with Crippen LogP contribution < -0.4 is 0 Å². The smallest absolute Gasteiger partial charge is 0.215 e. The van der Waals surface area contributed by atoms with Gasteiger partial charge in [-0.3, -0.25) is 0 Å². The van der Waals surface area contributed by atoms with E-state index in [1.165, 1.54) is 11.3 Å². The van der Waals surface area contributed by atoms with Crippen molar-refractivity contribution in [2.45, 2.75) is 6.30 Å². The summed E-state index contributed by atoms with van der Waals surface area (Å²) in [5, 5.41) is 1.72. The molecule has 52 valence electrons. The van der Waals surface area contributed by atoms with Crippen molar-refractivity contribution in [1.82, 2.24) is 0 Å². The van der Waals surface area contributed by atoms with Gasteiger partial charge in [-0.25, -0.2) is 9.18 Å². The summed E-state index contributed by atoms with van der Waals surface area (Å²) in [6.07, 6.45) is -0.368. The molecule has 0 fully saturated rings. The molecule has 0 amide bonds. The summed E-state index contributed by atoms with van der Waals surface area (Å²) in [4.78, 5) is 12.9. The van der Waals surface area contributed by atoms with Gasteiger partial charge in [0.15, 0.2) is 0 Å². The fourth-order valence-electron chi connectivity index (χ4n) is 0.537. The summed E-state index contributed by atoms with van der Waals surface area (Å²) in [6, 6.07) is 3.28. The number of aliphatic imine (C=N–C) groups is 1. The Balaban J connectivity index is 2.76. The van der Waals surface area contributed by atoms with Gasteiger partial charge in [0, 0.05) is 0 Å². The predicted molar refractivity (Wildman–Crippen MR) is 36.3 cm³/mol. The van der Waals surface area contributed by atoms with Crippen LogP contribution in [0.4, 0.5) is 4.39 Å². The molecule has 1 aromatic rings. The number of nitrogens with zero attached hydrogens (tertiary/aromatic N) is 1. The second-order valence-electron chi connectivity index (χ2n) is 1.57. The average molecular weight is 157 g/mol. The highest BCUT2D eigenvalue weighted by Crippen LogP contribution is 2.22. The molecular weight excluding hydrogens is 153 g/mol. The Morgan fingerprint density at radius 1 is 1.80 bits per heavy atom. The number of hydrogen-bond donors (Lipinski definition) is 0. The van der Waals surface area contributed by atoms with Crippen molar-refractivity contribution in [2.75, 3.05) is 0 Å². The molecule has 0 aliphatic carbocycles. The van der Waals surface area contributed by atoms with E-state index in [1.807, 2.05) is 0 Å². The molecular formula is C6H4FNOS. The molecule has 0 saturated carbocycles. The maximum atomic E-state index is 12.6. The minimum Gasteiger partial charge on any atom is -0.215 e. The lowest BCUT2D eigenvalue weighted by molar-refractivity contribution is 0.362. The van der Waals surface area contributed by atoms with Crippen molar-refractivity contribution in [3.8, 4) is 0 Å². The molecule has 0 aliphatic heterocycles. The standard InChI is InChI=1S/C6H4FNOS/c7-6(8-4-9)5-2-1-3-10-5/h1-3,6H. The van der Waals surface area contributed by atoms with Crippen LogP contribution in [-0.4, -0.2) is 6.08 Å². The molecule has 1 heterocycles. The van der Waals surface area contributed by atoms with E-state index >= 15 is 0 Å². The van der Waals surface area contributed by atoms with E-state index in [9.17, 15) is 9.18 Å². The highest BCUT2D eigenvalue weighted by Gasteiger charge is 2.06. The summed E-state index contributed by atoms with van der Waals surface area (Å²) in [5.41, 5.74) is 0. The van der Waals surface area contributed by atoms with Crippen molar-refractivity contribution < 1.29 is 9.18 Å². The lowest BCUT2D eigenvalue weighted by atomic mass is 10.4. The number of halogens is 1. The summed E-state index contributed by atoms with van der Waals surface area (Å²) in [5.74, 6) is 0. The van der Waals surface area contributed by atoms with Crippen LogP contribution in [0.3, 0.4) is 0 Å². The van der Waals surface area contributed by atoms with E-state index in [-0.39, 0.29) is 0 Å². The van der Waals surface area contributed by atoms with E-state index in [4.69, 9.17) is 0 Å². The molecule has 4 heteroatoms. The molecule has 0 N–H and O–H groups in total. The van der Waals surface area contributed by atoms with Crippen LogP contribution in [0.1, 0.15) is 11.2 Å². The highest BCUT2D eigenvalue weighted by molar-refractivity contribution is 7.10. The van der Waals surface area contributed by atoms with Crippen molar-refractivity contribution in [3.63, 3.8) is 0 Å². The number of isocyanates is 1. The van der Waals surface area contributed by atoms with Gasteiger partial charge in [-0.1, -0.05) is 6.07 Å². The number of rotatable bonds is 2. The van der Waals surface area contributed by atoms with Gasteiger partial charge in [0.2, 0.25) is 12.4 Å². The molecule has 0 spiro atoms. The topological polar surface area (TPSA) is 29.4 Å². The number of carbonyl (C=O) groups excluding carboxylic acids is 1. The molecule has 2 nitrogen and oxygen atoms in total. The quantitative estimate of drug-likeness (QED) is 0.367. The Kier molecular flexibility index (Phi) is 2.31. The summed E-state index contributed by atoms with van der Waals surface area (Å²) < 4.78 is 12.6. The maximum Gasteiger partial charge on any atom is 0.238 e. The molecule has 0 radical (unpaired) electrons. The van der Waals surface area contributed by atoms with Crippen LogP contribution >= 0.6 is 11.3 Å². The lowest BCUT2D eigenvalue weighted by Gasteiger charge is -1.91. The van der Waals surface area contributed by atoms with Crippen LogP contribution in [0, 0.1) is 0 Å². The highest BCUT2D eigenvalue weighted by atomic mass is 32.1. The second kappa shape index (κ2) is 3.25. The lowest BCUT2D eigenvalue weighted by Crippen LogP contribution is -1.79. The first kappa shape index (κ1) is 7.12. The molecule has 10 heavy (non-hydrogen) atoms. The number of hydrogen-bond acceptors (Lipinski definition) is 3. The monoisotopic (exact) mass is 157 g/mol. The second-order valence-corrected chi connectivity index (χ2v) is 2.55. The van der Waals surface area contributed by atoms with Gasteiger partial charge in [0.25, 0.3) is 0 Å². The zero-order valence-corrected chi connectivity index (χ0v) is 5.77. The average Bonchev–Trinajstić information content (AvgIpc) is 2.38. The summed E-state index contributed by atoms with van der Waals surface area (Å²) >= 11 is 1.22. The summed E-state index contributed by atoms with van der Waals surface area (Å²) in [6.45, 7) is 0. The van der Waals surface area contributed by atoms with Gasteiger partial charge in [-0.05, 0) is 11.4 Å². The molecule has 1 atom stereocenters. The van der Waals surface area contributed by atoms with E-state index in [0.29, 0.717) is 4.88 Å². The van der Waals surface area contributed by atoms with Crippen LogP contribution in [0.2, 0.25) is 0 Å². The molecule has 0 saturated heterocycles. The molecule has 1 rings (SSSR count). The van der Waals surface area contributed by atoms with Crippen LogP contribution in [-0.2, 0) is 4.79 Å². The van der Waals surface area contributed by atoms with Crippen LogP contribution in [0.5, 0.6) is 0 Å². The van der Waals surface area contributed by atoms with Gasteiger partial charge in [-0.15, -0.1) is 11.3 Å². The minimum atomic E-state index is -1.53. The SMILES string of the molecule is O=C=NC(F)c1cccs1. The molecule has 1 unspecified atom stereocenters. The zero-order valence-electron chi connectivity index (χ0n) is 4.95. The Morgan fingerprint density at radius 3 is 3.10 bits per heavy atom. The van der Waals surface area contributed by atoms with E-state index in [2.05, 4.69) is 4.99 Å². The summed E-state index contributed by atoms with van der Waals surface area (Å²) in [7, 11) is 0. The Bertz CT molecular complexity index is 240. The van der Waals surface area contributed by atoms with E-state index in [1.54, 1.807) is 17.5 Å². The van der Waals surface area contributed by atoms with E-state index < -0.39 is 6.30 Å². The molecule has 1 aromatic heterocycles. The van der Waals surface area contributed by atoms with Gasteiger partial charge in [0.1, 0.15) is 0 Å². The van der Waals surface area contributed by atoms with Gasteiger partial charge >= 0.3 is 0 Å². The van der Waals surface area contributed by atoms with E-state index in [0.717, 1.165) is 6.08 Å². The van der Waals surface area contributed by atoms with Gasteiger partial charge in [0.05, 0.1) is 4.88 Å². The zero-order chi connectivity index (χ0) is 7.40. The normalized spacial score (nSPS) is 12.1. The van der Waals surface area contributed by atoms with Crippen molar-refractivity contribution in [2.24, 2.45) is 4.99 Å². The third-order valence-corrected chi connectivity index (χ3v) is 1.84. The Hall–Kier alpha value is -0.990. The van der Waals surface area contributed by atoms with Crippen molar-refractivity contribution in [3.05, 3.63) is 22.4 Å². The van der Waals surface area contributed by atoms with Crippen LogP contribution in [0.15, 0.2) is 22.5 Å². The third kappa shape index (κ3) is 1.50. The van der Waals surface area contributed by atoms with Crippen molar-refractivity contribution >= 4 is 17.4 Å². The largest absolute Gasteiger partial charge is 0.238 e. The molecule has 0 aliphatic rings. The minimum absolute atomic E-state index is 0.434. The fraction of sp³-hybridized carbons (Fsp3) is 0.167. The van der Waals surface area contributed by atoms with Gasteiger partial charge < -0.3 is 0 Å².